The minimum Gasteiger partial charge on any atom is -0.480 e. The van der Waals surface area contributed by atoms with Gasteiger partial charge >= 0.3 is 5.97 Å². The van der Waals surface area contributed by atoms with Gasteiger partial charge in [-0.05, 0) is 38.5 Å². The van der Waals surface area contributed by atoms with E-state index in [4.69, 9.17) is 5.11 Å². The van der Waals surface area contributed by atoms with Gasteiger partial charge in [0.05, 0.1) is 12.6 Å². The number of amides is 1. The van der Waals surface area contributed by atoms with Gasteiger partial charge in [0, 0.05) is 12.6 Å². The molecule has 5 heteroatoms. The zero-order chi connectivity index (χ0) is 12.4. The third-order valence-electron chi connectivity index (χ3n) is 3.38. The number of carbonyl (C=O) groups excluding carboxylic acids is 1. The van der Waals surface area contributed by atoms with E-state index in [2.05, 4.69) is 5.32 Å². The van der Waals surface area contributed by atoms with Crippen molar-refractivity contribution < 1.29 is 14.7 Å². The summed E-state index contributed by atoms with van der Waals surface area (Å²) in [5, 5.41) is 11.8. The Labute approximate surface area is 101 Å². The molecule has 0 saturated heterocycles. The summed E-state index contributed by atoms with van der Waals surface area (Å²) >= 11 is 0. The van der Waals surface area contributed by atoms with Crippen LogP contribution in [0.15, 0.2) is 0 Å². The van der Waals surface area contributed by atoms with Crippen molar-refractivity contribution in [1.29, 1.82) is 0 Å². The molecular weight excluding hydrogens is 220 g/mol. The van der Waals surface area contributed by atoms with Crippen molar-refractivity contribution in [1.82, 2.24) is 10.2 Å². The van der Waals surface area contributed by atoms with Gasteiger partial charge in [-0.25, -0.2) is 0 Å². The fraction of sp³-hybridized carbons (Fsp3) is 0.833. The molecule has 0 aromatic heterocycles. The number of carboxylic acid groups (broad SMARTS) is 1. The molecule has 2 aliphatic rings. The number of carboxylic acids is 1. The molecule has 1 amide bonds. The second-order valence-electron chi connectivity index (χ2n) is 5.23. The molecule has 0 bridgehead atoms. The molecule has 2 aliphatic carbocycles. The molecule has 0 aromatic carbocycles. The first kappa shape index (κ1) is 12.4. The largest absolute Gasteiger partial charge is 0.480 e. The van der Waals surface area contributed by atoms with E-state index in [9.17, 15) is 9.59 Å². The predicted molar refractivity (Wildman–Crippen MR) is 62.6 cm³/mol. The van der Waals surface area contributed by atoms with Gasteiger partial charge in [-0.2, -0.15) is 0 Å². The van der Waals surface area contributed by atoms with Crippen molar-refractivity contribution in [2.24, 2.45) is 5.92 Å². The topological polar surface area (TPSA) is 69.6 Å². The van der Waals surface area contributed by atoms with E-state index in [0.29, 0.717) is 12.0 Å². The molecule has 2 N–H and O–H groups in total. The highest BCUT2D eigenvalue weighted by molar-refractivity contribution is 5.82. The lowest BCUT2D eigenvalue weighted by atomic mass is 10.2. The quantitative estimate of drug-likeness (QED) is 0.678. The Morgan fingerprint density at radius 3 is 2.47 bits per heavy atom. The van der Waals surface area contributed by atoms with E-state index >= 15 is 0 Å². The summed E-state index contributed by atoms with van der Waals surface area (Å²) in [6, 6.07) is -0.00940. The summed E-state index contributed by atoms with van der Waals surface area (Å²) in [6.45, 7) is 2.48. The van der Waals surface area contributed by atoms with E-state index in [0.717, 1.165) is 32.2 Å². The maximum atomic E-state index is 11.9. The normalized spacial score (nSPS) is 21.3. The number of hydrogen-bond donors (Lipinski definition) is 2. The van der Waals surface area contributed by atoms with Gasteiger partial charge in [0.1, 0.15) is 0 Å². The minimum absolute atomic E-state index is 0.0330. The maximum absolute atomic E-state index is 11.9. The number of hydrogen-bond acceptors (Lipinski definition) is 3. The lowest BCUT2D eigenvalue weighted by molar-refractivity contribution is -0.140. The van der Waals surface area contributed by atoms with Crippen molar-refractivity contribution in [2.45, 2.75) is 44.7 Å². The molecule has 2 fully saturated rings. The van der Waals surface area contributed by atoms with Crippen LogP contribution in [-0.4, -0.2) is 47.1 Å². The van der Waals surface area contributed by atoms with Crippen LogP contribution in [0.5, 0.6) is 0 Å². The summed E-state index contributed by atoms with van der Waals surface area (Å²) in [7, 11) is 0. The van der Waals surface area contributed by atoms with E-state index in [1.165, 1.54) is 0 Å². The third kappa shape index (κ3) is 4.00. The average Bonchev–Trinajstić information content (AvgIpc) is 3.09. The van der Waals surface area contributed by atoms with Crippen LogP contribution in [0.3, 0.4) is 0 Å². The van der Waals surface area contributed by atoms with Crippen molar-refractivity contribution >= 4 is 11.9 Å². The zero-order valence-corrected chi connectivity index (χ0v) is 10.2. The van der Waals surface area contributed by atoms with Gasteiger partial charge in [-0.3, -0.25) is 14.5 Å². The highest BCUT2D eigenvalue weighted by Crippen LogP contribution is 2.30. The lowest BCUT2D eigenvalue weighted by Gasteiger charge is -2.26. The van der Waals surface area contributed by atoms with Gasteiger partial charge in [-0.1, -0.05) is 0 Å². The first-order valence-corrected chi connectivity index (χ1v) is 6.32. The van der Waals surface area contributed by atoms with Gasteiger partial charge in [-0.15, -0.1) is 0 Å². The molecule has 96 valence electrons. The van der Waals surface area contributed by atoms with Crippen molar-refractivity contribution in [2.75, 3.05) is 13.1 Å². The summed E-state index contributed by atoms with van der Waals surface area (Å²) in [4.78, 5) is 24.4. The summed E-state index contributed by atoms with van der Waals surface area (Å²) in [5.74, 6) is -0.309. The van der Waals surface area contributed by atoms with Crippen LogP contribution in [-0.2, 0) is 9.59 Å². The second kappa shape index (κ2) is 5.04. The van der Waals surface area contributed by atoms with Gasteiger partial charge in [0.15, 0.2) is 0 Å². The van der Waals surface area contributed by atoms with E-state index in [1.54, 1.807) is 11.8 Å². The smallest absolute Gasteiger partial charge is 0.317 e. The Bertz CT molecular complexity index is 311. The third-order valence-corrected chi connectivity index (χ3v) is 3.38. The first-order chi connectivity index (χ1) is 8.06. The van der Waals surface area contributed by atoms with Gasteiger partial charge in [0.2, 0.25) is 5.91 Å². The van der Waals surface area contributed by atoms with Crippen molar-refractivity contribution in [3.8, 4) is 0 Å². The van der Waals surface area contributed by atoms with E-state index in [-0.39, 0.29) is 18.5 Å². The molecule has 5 nitrogen and oxygen atoms in total. The van der Waals surface area contributed by atoms with E-state index in [1.807, 2.05) is 0 Å². The standard InChI is InChI=1S/C12H20N2O3/c1-8(12(17)13-10-4-5-10)14(7-11(15)16)6-9-2-3-9/h8-10H,2-7H2,1H3,(H,13,17)(H,15,16). The molecule has 2 saturated carbocycles. The van der Waals surface area contributed by atoms with Crippen LogP contribution in [0.2, 0.25) is 0 Å². The SMILES string of the molecule is CC(C(=O)NC1CC1)N(CC(=O)O)CC1CC1. The molecule has 17 heavy (non-hydrogen) atoms. The molecular formula is C12H20N2O3. The lowest BCUT2D eigenvalue weighted by Crippen LogP contribution is -2.48. The molecule has 0 heterocycles. The zero-order valence-electron chi connectivity index (χ0n) is 10.2. The number of rotatable bonds is 7. The molecule has 0 aromatic rings. The number of nitrogens with one attached hydrogen (secondary N) is 1. The van der Waals surface area contributed by atoms with Crippen LogP contribution in [0.1, 0.15) is 32.6 Å². The first-order valence-electron chi connectivity index (χ1n) is 6.32. The fourth-order valence-corrected chi connectivity index (χ4v) is 1.88. The Kier molecular flexibility index (Phi) is 3.66. The molecule has 0 spiro atoms. The number of aliphatic carboxylic acids is 1. The summed E-state index contributed by atoms with van der Waals surface area (Å²) in [6.07, 6.45) is 4.43. The molecule has 1 atom stereocenters. The Balaban J connectivity index is 1.86. The maximum Gasteiger partial charge on any atom is 0.317 e. The summed E-state index contributed by atoms with van der Waals surface area (Å²) < 4.78 is 0. The van der Waals surface area contributed by atoms with E-state index < -0.39 is 5.97 Å². The molecule has 1 unspecified atom stereocenters. The van der Waals surface area contributed by atoms with Crippen LogP contribution >= 0.6 is 0 Å². The van der Waals surface area contributed by atoms with Crippen molar-refractivity contribution in [3.05, 3.63) is 0 Å². The van der Waals surface area contributed by atoms with Crippen LogP contribution in [0.25, 0.3) is 0 Å². The summed E-state index contributed by atoms with van der Waals surface area (Å²) in [5.41, 5.74) is 0. The van der Waals surface area contributed by atoms with Crippen LogP contribution in [0, 0.1) is 5.92 Å². The Morgan fingerprint density at radius 2 is 2.00 bits per heavy atom. The number of carbonyl (C=O) groups is 2. The minimum atomic E-state index is -0.864. The molecule has 0 radical (unpaired) electrons. The Hall–Kier alpha value is -1.10. The van der Waals surface area contributed by atoms with Gasteiger partial charge in [0.25, 0.3) is 0 Å². The monoisotopic (exact) mass is 240 g/mol. The second-order valence-corrected chi connectivity index (χ2v) is 5.23. The average molecular weight is 240 g/mol. The number of nitrogens with zero attached hydrogens (tertiary/aromatic N) is 1. The molecule has 0 aliphatic heterocycles. The van der Waals surface area contributed by atoms with Crippen LogP contribution in [0.4, 0.5) is 0 Å². The van der Waals surface area contributed by atoms with Crippen LogP contribution < -0.4 is 5.32 Å². The predicted octanol–water partition coefficient (Wildman–Crippen LogP) is 0.450. The molecule has 2 rings (SSSR count). The van der Waals surface area contributed by atoms with Gasteiger partial charge < -0.3 is 10.4 Å². The fourth-order valence-electron chi connectivity index (χ4n) is 1.88. The Morgan fingerprint density at radius 1 is 1.35 bits per heavy atom. The highest BCUT2D eigenvalue weighted by Gasteiger charge is 2.32. The highest BCUT2D eigenvalue weighted by atomic mass is 16.4. The van der Waals surface area contributed by atoms with Crippen molar-refractivity contribution in [3.63, 3.8) is 0 Å².